The average molecular weight is 179 g/mol. The van der Waals surface area contributed by atoms with E-state index in [4.69, 9.17) is 6.42 Å². The zero-order chi connectivity index (χ0) is 9.84. The lowest BCUT2D eigenvalue weighted by molar-refractivity contribution is 0.405. The molecule has 1 aliphatic carbocycles. The van der Waals surface area contributed by atoms with Crippen molar-refractivity contribution in [1.29, 1.82) is 0 Å². The van der Waals surface area contributed by atoms with Gasteiger partial charge in [0, 0.05) is 6.04 Å². The molecule has 3 atom stereocenters. The van der Waals surface area contributed by atoms with Gasteiger partial charge in [0.1, 0.15) is 0 Å². The summed E-state index contributed by atoms with van der Waals surface area (Å²) in [5.74, 6) is 4.25. The molecule has 0 aliphatic heterocycles. The van der Waals surface area contributed by atoms with Crippen LogP contribution in [-0.2, 0) is 0 Å². The van der Waals surface area contributed by atoms with Crippen molar-refractivity contribution in [2.75, 3.05) is 0 Å². The Balaban J connectivity index is 2.35. The number of hydrogen-bond donors (Lipinski definition) is 1. The second-order valence-electron chi connectivity index (χ2n) is 4.67. The number of rotatable bonds is 3. The van der Waals surface area contributed by atoms with Gasteiger partial charge < -0.3 is 5.32 Å². The zero-order valence-corrected chi connectivity index (χ0v) is 9.01. The highest BCUT2D eigenvalue weighted by atomic mass is 15.0. The fourth-order valence-corrected chi connectivity index (χ4v) is 2.05. The van der Waals surface area contributed by atoms with Crippen LogP contribution in [0, 0.1) is 24.2 Å². The molecule has 0 heterocycles. The van der Waals surface area contributed by atoms with Crippen LogP contribution in [0.5, 0.6) is 0 Å². The van der Waals surface area contributed by atoms with Gasteiger partial charge in [-0.25, -0.2) is 0 Å². The van der Waals surface area contributed by atoms with Crippen molar-refractivity contribution in [3.05, 3.63) is 0 Å². The summed E-state index contributed by atoms with van der Waals surface area (Å²) in [6.07, 6.45) is 9.42. The Morgan fingerprint density at radius 1 is 1.38 bits per heavy atom. The highest BCUT2D eigenvalue weighted by Gasteiger charge is 2.23. The lowest BCUT2D eigenvalue weighted by Gasteiger charge is -2.21. The van der Waals surface area contributed by atoms with E-state index in [-0.39, 0.29) is 6.04 Å². The van der Waals surface area contributed by atoms with Crippen LogP contribution < -0.4 is 5.32 Å². The van der Waals surface area contributed by atoms with Gasteiger partial charge in [0.2, 0.25) is 0 Å². The molecule has 0 aromatic heterocycles. The molecule has 0 amide bonds. The third kappa shape index (κ3) is 3.04. The summed E-state index contributed by atoms with van der Waals surface area (Å²) < 4.78 is 0. The van der Waals surface area contributed by atoms with Gasteiger partial charge in [0.15, 0.2) is 0 Å². The Hall–Kier alpha value is -0.480. The first-order valence-corrected chi connectivity index (χ1v) is 5.35. The van der Waals surface area contributed by atoms with Gasteiger partial charge in [-0.15, -0.1) is 6.42 Å². The Bertz CT molecular complexity index is 190. The first-order valence-electron chi connectivity index (χ1n) is 5.35. The van der Waals surface area contributed by atoms with E-state index >= 15 is 0 Å². The van der Waals surface area contributed by atoms with Crippen molar-refractivity contribution < 1.29 is 0 Å². The molecular formula is C12H21N. The summed E-state index contributed by atoms with van der Waals surface area (Å²) in [4.78, 5) is 0. The van der Waals surface area contributed by atoms with Crippen LogP contribution in [0.25, 0.3) is 0 Å². The van der Waals surface area contributed by atoms with Crippen molar-refractivity contribution in [3.63, 3.8) is 0 Å². The second kappa shape index (κ2) is 4.67. The van der Waals surface area contributed by atoms with Crippen LogP contribution in [0.2, 0.25) is 0 Å². The quantitative estimate of drug-likeness (QED) is 0.656. The van der Waals surface area contributed by atoms with E-state index < -0.39 is 0 Å². The molecule has 1 nitrogen and oxygen atoms in total. The maximum atomic E-state index is 5.47. The standard InChI is InChI=1S/C12H21N/c1-5-12(9(2)3)13-11-7-6-10(4)8-11/h1,9-13H,6-8H2,2-4H3. The molecule has 1 rings (SSSR count). The van der Waals surface area contributed by atoms with Crippen LogP contribution in [0.3, 0.4) is 0 Å². The zero-order valence-electron chi connectivity index (χ0n) is 9.01. The fraction of sp³-hybridized carbons (Fsp3) is 0.833. The van der Waals surface area contributed by atoms with E-state index in [9.17, 15) is 0 Å². The molecule has 0 aromatic carbocycles. The monoisotopic (exact) mass is 179 g/mol. The van der Waals surface area contributed by atoms with Crippen LogP contribution in [0.4, 0.5) is 0 Å². The van der Waals surface area contributed by atoms with Crippen molar-refractivity contribution >= 4 is 0 Å². The molecule has 0 spiro atoms. The lowest BCUT2D eigenvalue weighted by atomic mass is 10.0. The Kier molecular flexibility index (Phi) is 3.81. The van der Waals surface area contributed by atoms with Gasteiger partial charge in [-0.05, 0) is 31.1 Å². The van der Waals surface area contributed by atoms with Gasteiger partial charge in [0.25, 0.3) is 0 Å². The van der Waals surface area contributed by atoms with E-state index in [1.165, 1.54) is 19.3 Å². The molecule has 74 valence electrons. The molecule has 13 heavy (non-hydrogen) atoms. The van der Waals surface area contributed by atoms with E-state index in [0.29, 0.717) is 12.0 Å². The molecule has 1 aliphatic rings. The third-order valence-electron chi connectivity index (χ3n) is 2.96. The summed E-state index contributed by atoms with van der Waals surface area (Å²) in [5, 5.41) is 3.56. The molecule has 0 saturated heterocycles. The number of terminal acetylenes is 1. The molecule has 0 bridgehead atoms. The maximum absolute atomic E-state index is 5.47. The first-order chi connectivity index (χ1) is 6.13. The lowest BCUT2D eigenvalue weighted by Crippen LogP contribution is -2.39. The Morgan fingerprint density at radius 2 is 2.08 bits per heavy atom. The minimum Gasteiger partial charge on any atom is -0.301 e. The van der Waals surface area contributed by atoms with E-state index in [1.807, 2.05) is 0 Å². The van der Waals surface area contributed by atoms with Gasteiger partial charge in [-0.2, -0.15) is 0 Å². The average Bonchev–Trinajstić information content (AvgIpc) is 2.46. The highest BCUT2D eigenvalue weighted by Crippen LogP contribution is 2.25. The summed E-state index contributed by atoms with van der Waals surface area (Å²) in [5.41, 5.74) is 0. The summed E-state index contributed by atoms with van der Waals surface area (Å²) in [6, 6.07) is 0.925. The number of nitrogens with one attached hydrogen (secondary N) is 1. The van der Waals surface area contributed by atoms with Crippen LogP contribution in [0.1, 0.15) is 40.0 Å². The molecule has 0 radical (unpaired) electrons. The van der Waals surface area contributed by atoms with Crippen LogP contribution in [-0.4, -0.2) is 12.1 Å². The summed E-state index contributed by atoms with van der Waals surface area (Å²) >= 11 is 0. The molecule has 1 fully saturated rings. The van der Waals surface area contributed by atoms with Gasteiger partial charge >= 0.3 is 0 Å². The fourth-order valence-electron chi connectivity index (χ4n) is 2.05. The third-order valence-corrected chi connectivity index (χ3v) is 2.96. The highest BCUT2D eigenvalue weighted by molar-refractivity contribution is 5.02. The Morgan fingerprint density at radius 3 is 2.46 bits per heavy atom. The Labute approximate surface area is 82.3 Å². The molecule has 1 N–H and O–H groups in total. The second-order valence-corrected chi connectivity index (χ2v) is 4.67. The minimum atomic E-state index is 0.260. The first kappa shape index (κ1) is 10.6. The smallest absolute Gasteiger partial charge is 0.0712 e. The predicted molar refractivity (Wildman–Crippen MR) is 57.4 cm³/mol. The van der Waals surface area contributed by atoms with Crippen molar-refractivity contribution in [1.82, 2.24) is 5.32 Å². The normalized spacial score (nSPS) is 30.4. The molecule has 0 aromatic rings. The molecule has 1 heteroatoms. The van der Waals surface area contributed by atoms with Gasteiger partial charge in [-0.3, -0.25) is 0 Å². The van der Waals surface area contributed by atoms with Crippen LogP contribution in [0.15, 0.2) is 0 Å². The molecule has 3 unspecified atom stereocenters. The summed E-state index contributed by atoms with van der Waals surface area (Å²) in [6.45, 7) is 6.67. The largest absolute Gasteiger partial charge is 0.301 e. The maximum Gasteiger partial charge on any atom is 0.0712 e. The SMILES string of the molecule is C#CC(NC1CCC(C)C1)C(C)C. The topological polar surface area (TPSA) is 12.0 Å². The molecule has 1 saturated carbocycles. The van der Waals surface area contributed by atoms with E-state index in [0.717, 1.165) is 5.92 Å². The molecular weight excluding hydrogens is 158 g/mol. The van der Waals surface area contributed by atoms with Crippen molar-refractivity contribution in [3.8, 4) is 12.3 Å². The minimum absolute atomic E-state index is 0.260. The van der Waals surface area contributed by atoms with E-state index in [2.05, 4.69) is 32.0 Å². The van der Waals surface area contributed by atoms with Crippen molar-refractivity contribution in [2.45, 2.75) is 52.1 Å². The van der Waals surface area contributed by atoms with Gasteiger partial charge in [-0.1, -0.05) is 26.7 Å². The van der Waals surface area contributed by atoms with E-state index in [1.54, 1.807) is 0 Å². The van der Waals surface area contributed by atoms with Crippen LogP contribution >= 0.6 is 0 Å². The van der Waals surface area contributed by atoms with Crippen molar-refractivity contribution in [2.24, 2.45) is 11.8 Å². The number of hydrogen-bond acceptors (Lipinski definition) is 1. The predicted octanol–water partition coefficient (Wildman–Crippen LogP) is 2.42. The van der Waals surface area contributed by atoms with Gasteiger partial charge in [0.05, 0.1) is 6.04 Å². The summed E-state index contributed by atoms with van der Waals surface area (Å²) in [7, 11) is 0.